The average Bonchev–Trinajstić information content (AvgIpc) is 1.94. The Morgan fingerprint density at radius 1 is 1.55 bits per heavy atom. The smallest absolute Gasteiger partial charge is 0.180 e. The van der Waals surface area contributed by atoms with Crippen molar-refractivity contribution in [3.8, 4) is 0 Å². The first-order valence-corrected chi connectivity index (χ1v) is 3.50. The summed E-state index contributed by atoms with van der Waals surface area (Å²) in [6, 6.07) is 1.62. The van der Waals surface area contributed by atoms with Crippen LogP contribution in [0.2, 0.25) is 5.15 Å². The first-order valence-electron chi connectivity index (χ1n) is 3.12. The maximum absolute atomic E-state index is 10.8. The van der Waals surface area contributed by atoms with Crippen molar-refractivity contribution in [1.29, 1.82) is 0 Å². The van der Waals surface area contributed by atoms with E-state index in [0.29, 0.717) is 10.8 Å². The van der Waals surface area contributed by atoms with Gasteiger partial charge in [-0.05, 0) is 18.6 Å². The molecule has 4 heteroatoms. The minimum absolute atomic E-state index is 0.0998. The van der Waals surface area contributed by atoms with E-state index in [0.717, 1.165) is 5.56 Å². The van der Waals surface area contributed by atoms with Crippen LogP contribution in [-0.2, 0) is 0 Å². The molecule has 0 amide bonds. The summed E-state index contributed by atoms with van der Waals surface area (Å²) in [6.45, 7) is 3.22. The van der Waals surface area contributed by atoms with Crippen molar-refractivity contribution in [2.45, 2.75) is 13.8 Å². The van der Waals surface area contributed by atoms with Crippen molar-refractivity contribution in [3.05, 3.63) is 22.5 Å². The highest BCUT2D eigenvalue weighted by Crippen LogP contribution is 2.10. The van der Waals surface area contributed by atoms with Gasteiger partial charge in [-0.25, -0.2) is 0 Å². The number of hydrogen-bond acceptors (Lipinski definition) is 3. The Labute approximate surface area is 69.4 Å². The van der Waals surface area contributed by atoms with Crippen LogP contribution < -0.4 is 0 Å². The summed E-state index contributed by atoms with van der Waals surface area (Å²) >= 11 is 5.60. The Hall–Kier alpha value is -0.960. The van der Waals surface area contributed by atoms with E-state index in [1.807, 2.05) is 0 Å². The van der Waals surface area contributed by atoms with Crippen LogP contribution in [0.1, 0.15) is 23.0 Å². The van der Waals surface area contributed by atoms with Crippen molar-refractivity contribution < 1.29 is 4.79 Å². The maximum Gasteiger partial charge on any atom is 0.180 e. The number of carbonyl (C=O) groups is 1. The van der Waals surface area contributed by atoms with Gasteiger partial charge >= 0.3 is 0 Å². The molecule has 0 radical (unpaired) electrons. The largest absolute Gasteiger partial charge is 0.293 e. The lowest BCUT2D eigenvalue weighted by molar-refractivity contribution is 0.101. The minimum atomic E-state index is -0.0998. The number of carbonyl (C=O) groups excluding carboxylic acids is 1. The maximum atomic E-state index is 10.8. The molecule has 0 bridgehead atoms. The topological polar surface area (TPSA) is 42.9 Å². The minimum Gasteiger partial charge on any atom is -0.293 e. The Bertz CT molecular complexity index is 298. The summed E-state index contributed by atoms with van der Waals surface area (Å²) in [5.41, 5.74) is 1.12. The predicted octanol–water partition coefficient (Wildman–Crippen LogP) is 1.64. The van der Waals surface area contributed by atoms with E-state index in [1.165, 1.54) is 6.92 Å². The first kappa shape index (κ1) is 8.14. The van der Waals surface area contributed by atoms with Crippen LogP contribution in [0.3, 0.4) is 0 Å². The van der Waals surface area contributed by atoms with Crippen LogP contribution in [0.4, 0.5) is 0 Å². The Kier molecular flexibility index (Phi) is 2.19. The van der Waals surface area contributed by atoms with Crippen molar-refractivity contribution in [2.24, 2.45) is 0 Å². The highest BCUT2D eigenvalue weighted by Gasteiger charge is 2.03. The van der Waals surface area contributed by atoms with Gasteiger partial charge in [0.25, 0.3) is 0 Å². The van der Waals surface area contributed by atoms with Crippen LogP contribution in [0.25, 0.3) is 0 Å². The molecule has 0 saturated carbocycles. The van der Waals surface area contributed by atoms with Gasteiger partial charge < -0.3 is 0 Å². The van der Waals surface area contributed by atoms with Crippen molar-refractivity contribution in [2.75, 3.05) is 0 Å². The zero-order chi connectivity index (χ0) is 8.43. The number of ketones is 1. The number of rotatable bonds is 1. The lowest BCUT2D eigenvalue weighted by Crippen LogP contribution is -1.99. The fraction of sp³-hybridized carbons (Fsp3) is 0.286. The van der Waals surface area contributed by atoms with Crippen LogP contribution in [-0.4, -0.2) is 16.0 Å². The second-order valence-electron chi connectivity index (χ2n) is 2.26. The Morgan fingerprint density at radius 2 is 2.18 bits per heavy atom. The third-order valence-electron chi connectivity index (χ3n) is 1.28. The predicted molar refractivity (Wildman–Crippen MR) is 41.8 cm³/mol. The van der Waals surface area contributed by atoms with Crippen LogP contribution in [0.5, 0.6) is 0 Å². The molecule has 3 nitrogen and oxygen atoms in total. The Morgan fingerprint density at radius 3 is 2.64 bits per heavy atom. The number of aromatic nitrogens is 2. The highest BCUT2D eigenvalue weighted by molar-refractivity contribution is 6.30. The van der Waals surface area contributed by atoms with E-state index in [1.54, 1.807) is 13.0 Å². The summed E-state index contributed by atoms with van der Waals surface area (Å²) in [4.78, 5) is 10.8. The molecule has 0 spiro atoms. The summed E-state index contributed by atoms with van der Waals surface area (Å²) in [5, 5.41) is 7.54. The second kappa shape index (κ2) is 2.96. The highest BCUT2D eigenvalue weighted by atomic mass is 35.5. The van der Waals surface area contributed by atoms with E-state index >= 15 is 0 Å². The SMILES string of the molecule is CC(=O)c1cc(C)c(Cl)nn1. The zero-order valence-corrected chi connectivity index (χ0v) is 7.01. The average molecular weight is 171 g/mol. The third kappa shape index (κ3) is 1.74. The van der Waals surface area contributed by atoms with E-state index in [-0.39, 0.29) is 5.78 Å². The van der Waals surface area contributed by atoms with Gasteiger partial charge in [-0.1, -0.05) is 11.6 Å². The molecule has 0 fully saturated rings. The molecular weight excluding hydrogens is 164 g/mol. The third-order valence-corrected chi connectivity index (χ3v) is 1.66. The number of halogens is 1. The van der Waals surface area contributed by atoms with Gasteiger partial charge in [0.15, 0.2) is 10.9 Å². The number of aryl methyl sites for hydroxylation is 1. The second-order valence-corrected chi connectivity index (χ2v) is 2.62. The number of nitrogens with zero attached hydrogens (tertiary/aromatic N) is 2. The molecule has 0 aliphatic carbocycles. The van der Waals surface area contributed by atoms with Gasteiger partial charge in [0, 0.05) is 6.92 Å². The molecule has 58 valence electrons. The summed E-state index contributed by atoms with van der Waals surface area (Å²) < 4.78 is 0. The number of Topliss-reactive ketones (excluding diaryl/α,β-unsaturated/α-hetero) is 1. The van der Waals surface area contributed by atoms with Gasteiger partial charge in [-0.15, -0.1) is 10.2 Å². The molecule has 0 saturated heterocycles. The van der Waals surface area contributed by atoms with E-state index in [4.69, 9.17) is 11.6 Å². The molecular formula is C7H7ClN2O. The molecule has 0 aliphatic heterocycles. The van der Waals surface area contributed by atoms with Gasteiger partial charge in [0.1, 0.15) is 5.69 Å². The molecule has 0 aromatic carbocycles. The van der Waals surface area contributed by atoms with Gasteiger partial charge in [0.05, 0.1) is 0 Å². The molecule has 0 aliphatic rings. The molecule has 1 aromatic rings. The van der Waals surface area contributed by atoms with E-state index in [2.05, 4.69) is 10.2 Å². The lowest BCUT2D eigenvalue weighted by atomic mass is 10.2. The van der Waals surface area contributed by atoms with Crippen molar-refractivity contribution in [3.63, 3.8) is 0 Å². The van der Waals surface area contributed by atoms with Gasteiger partial charge in [0.2, 0.25) is 0 Å². The summed E-state index contributed by atoms with van der Waals surface area (Å²) in [5.74, 6) is -0.0998. The van der Waals surface area contributed by atoms with Crippen LogP contribution in [0.15, 0.2) is 6.07 Å². The van der Waals surface area contributed by atoms with E-state index in [9.17, 15) is 4.79 Å². The van der Waals surface area contributed by atoms with E-state index < -0.39 is 0 Å². The molecule has 11 heavy (non-hydrogen) atoms. The standard InChI is InChI=1S/C7H7ClN2O/c1-4-3-6(5(2)11)9-10-7(4)8/h3H,1-2H3. The molecule has 1 aromatic heterocycles. The molecule has 0 N–H and O–H groups in total. The molecule has 0 atom stereocenters. The summed E-state index contributed by atoms with van der Waals surface area (Å²) in [6.07, 6.45) is 0. The van der Waals surface area contributed by atoms with Gasteiger partial charge in [-0.2, -0.15) is 0 Å². The number of hydrogen-bond donors (Lipinski definition) is 0. The van der Waals surface area contributed by atoms with Crippen molar-refractivity contribution in [1.82, 2.24) is 10.2 Å². The first-order chi connectivity index (χ1) is 5.11. The van der Waals surface area contributed by atoms with Crippen LogP contribution >= 0.6 is 11.6 Å². The fourth-order valence-corrected chi connectivity index (χ4v) is 0.735. The fourth-order valence-electron chi connectivity index (χ4n) is 0.642. The lowest BCUT2D eigenvalue weighted by Gasteiger charge is -1.96. The quantitative estimate of drug-likeness (QED) is 0.602. The Balaban J connectivity index is 3.15. The van der Waals surface area contributed by atoms with Gasteiger partial charge in [-0.3, -0.25) is 4.79 Å². The van der Waals surface area contributed by atoms with Crippen molar-refractivity contribution >= 4 is 17.4 Å². The monoisotopic (exact) mass is 170 g/mol. The zero-order valence-electron chi connectivity index (χ0n) is 6.26. The normalized spacial score (nSPS) is 9.73. The summed E-state index contributed by atoms with van der Waals surface area (Å²) in [7, 11) is 0. The molecule has 0 unspecified atom stereocenters. The van der Waals surface area contributed by atoms with Crippen LogP contribution in [0, 0.1) is 6.92 Å². The molecule has 1 rings (SSSR count). The molecule has 1 heterocycles.